The summed E-state index contributed by atoms with van der Waals surface area (Å²) in [7, 11) is 0. The number of rotatable bonds is 10. The largest absolute Gasteiger partial charge is 0.405 e. The molecule has 0 atom stereocenters. The molecule has 8 heteroatoms. The van der Waals surface area contributed by atoms with E-state index in [1.165, 1.54) is 0 Å². The van der Waals surface area contributed by atoms with Crippen LogP contribution >= 0.6 is 0 Å². The van der Waals surface area contributed by atoms with E-state index in [0.29, 0.717) is 32.4 Å². The maximum atomic E-state index is 13.6. The summed E-state index contributed by atoms with van der Waals surface area (Å²) in [5.74, 6) is -0.422. The van der Waals surface area contributed by atoms with Crippen LogP contribution in [0, 0.1) is 0 Å². The highest BCUT2D eigenvalue weighted by Crippen LogP contribution is 2.51. The van der Waals surface area contributed by atoms with Gasteiger partial charge in [-0.15, -0.1) is 0 Å². The zero-order chi connectivity index (χ0) is 28.9. The van der Waals surface area contributed by atoms with Crippen LogP contribution in [-0.2, 0) is 21.4 Å². The zero-order valence-electron chi connectivity index (χ0n) is 23.1. The van der Waals surface area contributed by atoms with E-state index < -0.39 is 24.0 Å². The summed E-state index contributed by atoms with van der Waals surface area (Å²) in [6.45, 7) is 2.43. The van der Waals surface area contributed by atoms with Crippen molar-refractivity contribution in [2.45, 2.75) is 43.7 Å². The maximum Gasteiger partial charge on any atom is 0.405 e. The van der Waals surface area contributed by atoms with Crippen LogP contribution in [0.4, 0.5) is 13.2 Å². The number of hydrogen-bond donors (Lipinski definition) is 1. The summed E-state index contributed by atoms with van der Waals surface area (Å²) < 4.78 is 39.3. The number of nitrogens with zero attached hydrogens (tertiary/aromatic N) is 2. The van der Waals surface area contributed by atoms with Crippen molar-refractivity contribution < 1.29 is 22.8 Å². The van der Waals surface area contributed by atoms with E-state index in [4.69, 9.17) is 0 Å². The van der Waals surface area contributed by atoms with Crippen LogP contribution in [-0.4, -0.2) is 67.1 Å². The Morgan fingerprint density at radius 3 is 1.98 bits per heavy atom. The van der Waals surface area contributed by atoms with Crippen LogP contribution < -0.4 is 5.32 Å². The van der Waals surface area contributed by atoms with Gasteiger partial charge in [0.05, 0.1) is 0 Å². The van der Waals surface area contributed by atoms with Crippen LogP contribution in [0.2, 0.25) is 0 Å². The SMILES string of the molecule is O=C(CCc1ccccc1)N1CCN(CCCCC2(C(=O)NCC(F)(F)F)c3ccccc3-c3ccccc32)CC1. The Morgan fingerprint density at radius 1 is 0.780 bits per heavy atom. The van der Waals surface area contributed by atoms with Gasteiger partial charge < -0.3 is 10.2 Å². The summed E-state index contributed by atoms with van der Waals surface area (Å²) in [4.78, 5) is 30.6. The van der Waals surface area contributed by atoms with E-state index in [2.05, 4.69) is 10.2 Å². The number of fused-ring (bicyclic) bond motifs is 3. The van der Waals surface area contributed by atoms with E-state index in [1.54, 1.807) is 0 Å². The number of benzene rings is 3. The van der Waals surface area contributed by atoms with Crippen molar-refractivity contribution >= 4 is 11.8 Å². The molecular weight excluding hydrogens is 527 g/mol. The fourth-order valence-electron chi connectivity index (χ4n) is 6.28. The van der Waals surface area contributed by atoms with E-state index in [-0.39, 0.29) is 5.91 Å². The van der Waals surface area contributed by atoms with Gasteiger partial charge in [0.1, 0.15) is 12.0 Å². The van der Waals surface area contributed by atoms with Gasteiger partial charge in [-0.1, -0.05) is 85.3 Å². The summed E-state index contributed by atoms with van der Waals surface area (Å²) in [6.07, 6.45) is -1.34. The van der Waals surface area contributed by atoms with Crippen molar-refractivity contribution in [3.8, 4) is 11.1 Å². The fraction of sp³-hybridized carbons (Fsp3) is 0.394. The topological polar surface area (TPSA) is 52.7 Å². The minimum atomic E-state index is -4.49. The van der Waals surface area contributed by atoms with E-state index in [0.717, 1.165) is 60.3 Å². The van der Waals surface area contributed by atoms with Gasteiger partial charge in [0.15, 0.2) is 0 Å². The Bertz CT molecular complexity index is 1310. The van der Waals surface area contributed by atoms with Crippen LogP contribution in [0.15, 0.2) is 78.9 Å². The monoisotopic (exact) mass is 563 g/mol. The standard InChI is InChI=1S/C33H36F3N3O2/c34-33(35,36)24-37-31(41)32(28-14-6-4-12-26(28)27-13-5-7-15-29(27)32)18-8-9-19-38-20-22-39(23-21-38)30(40)17-16-25-10-2-1-3-11-25/h1-7,10-15H,8-9,16-24H2,(H,37,41). The van der Waals surface area contributed by atoms with Gasteiger partial charge in [-0.25, -0.2) is 0 Å². The highest BCUT2D eigenvalue weighted by Gasteiger charge is 2.49. The number of carbonyl (C=O) groups excluding carboxylic acids is 2. The van der Waals surface area contributed by atoms with Crippen LogP contribution in [0.5, 0.6) is 0 Å². The Morgan fingerprint density at radius 2 is 1.37 bits per heavy atom. The number of aryl methyl sites for hydroxylation is 1. The van der Waals surface area contributed by atoms with Crippen molar-refractivity contribution in [2.75, 3.05) is 39.3 Å². The lowest BCUT2D eigenvalue weighted by atomic mass is 9.73. The van der Waals surface area contributed by atoms with Gasteiger partial charge >= 0.3 is 6.18 Å². The molecule has 0 unspecified atom stereocenters. The number of halogens is 3. The molecule has 1 N–H and O–H groups in total. The van der Waals surface area contributed by atoms with Gasteiger partial charge in [0, 0.05) is 32.6 Å². The third-order valence-electron chi connectivity index (χ3n) is 8.37. The average molecular weight is 564 g/mol. The zero-order valence-corrected chi connectivity index (χ0v) is 23.1. The molecule has 0 bridgehead atoms. The predicted octanol–water partition coefficient (Wildman–Crippen LogP) is 5.58. The molecule has 0 saturated carbocycles. The average Bonchev–Trinajstić information content (AvgIpc) is 3.28. The molecule has 5 nitrogen and oxygen atoms in total. The summed E-state index contributed by atoms with van der Waals surface area (Å²) >= 11 is 0. The van der Waals surface area contributed by atoms with Gasteiger partial charge in [-0.2, -0.15) is 13.2 Å². The fourth-order valence-corrected chi connectivity index (χ4v) is 6.28. The number of carbonyl (C=O) groups is 2. The molecule has 3 aromatic carbocycles. The molecule has 5 rings (SSSR count). The van der Waals surface area contributed by atoms with E-state index in [1.807, 2.05) is 83.8 Å². The van der Waals surface area contributed by atoms with Gasteiger partial charge in [0.25, 0.3) is 0 Å². The van der Waals surface area contributed by atoms with Crippen molar-refractivity contribution in [2.24, 2.45) is 0 Å². The minimum Gasteiger partial charge on any atom is -0.346 e. The number of alkyl halides is 3. The first-order valence-corrected chi connectivity index (χ1v) is 14.4. The lowest BCUT2D eigenvalue weighted by molar-refractivity contribution is -0.141. The first kappa shape index (κ1) is 28.9. The Labute approximate surface area is 239 Å². The van der Waals surface area contributed by atoms with E-state index in [9.17, 15) is 22.8 Å². The molecule has 2 amide bonds. The van der Waals surface area contributed by atoms with E-state index >= 15 is 0 Å². The van der Waals surface area contributed by atoms with Crippen molar-refractivity contribution in [3.05, 3.63) is 95.6 Å². The molecule has 1 saturated heterocycles. The molecule has 3 aromatic rings. The lowest BCUT2D eigenvalue weighted by Gasteiger charge is -2.35. The lowest BCUT2D eigenvalue weighted by Crippen LogP contribution is -2.49. The molecular formula is C33H36F3N3O2. The first-order valence-electron chi connectivity index (χ1n) is 14.4. The summed E-state index contributed by atoms with van der Waals surface area (Å²) in [5, 5.41) is 2.20. The number of nitrogens with one attached hydrogen (secondary N) is 1. The Kier molecular flexibility index (Phi) is 8.78. The Hall–Kier alpha value is -3.65. The van der Waals surface area contributed by atoms with Crippen molar-refractivity contribution in [1.29, 1.82) is 0 Å². The molecule has 1 aliphatic carbocycles. The highest BCUT2D eigenvalue weighted by molar-refractivity contribution is 6.00. The number of piperazine rings is 1. The number of amides is 2. The smallest absolute Gasteiger partial charge is 0.346 e. The van der Waals surface area contributed by atoms with Crippen LogP contribution in [0.1, 0.15) is 42.4 Å². The van der Waals surface area contributed by atoms with Crippen molar-refractivity contribution in [3.63, 3.8) is 0 Å². The van der Waals surface area contributed by atoms with Crippen LogP contribution in [0.3, 0.4) is 0 Å². The molecule has 2 aliphatic rings. The molecule has 1 aliphatic heterocycles. The molecule has 1 heterocycles. The summed E-state index contributed by atoms with van der Waals surface area (Å²) in [6, 6.07) is 25.1. The van der Waals surface area contributed by atoms with Crippen molar-refractivity contribution in [1.82, 2.24) is 15.1 Å². The second-order valence-corrected chi connectivity index (χ2v) is 11.0. The molecule has 0 aromatic heterocycles. The second kappa shape index (κ2) is 12.5. The third-order valence-corrected chi connectivity index (χ3v) is 8.37. The second-order valence-electron chi connectivity index (χ2n) is 11.0. The minimum absolute atomic E-state index is 0.180. The predicted molar refractivity (Wildman–Crippen MR) is 153 cm³/mol. The number of hydrogen-bond acceptors (Lipinski definition) is 3. The quantitative estimate of drug-likeness (QED) is 0.328. The van der Waals surface area contributed by atoms with Crippen LogP contribution in [0.25, 0.3) is 11.1 Å². The first-order chi connectivity index (χ1) is 19.8. The third kappa shape index (κ3) is 6.48. The normalized spacial score (nSPS) is 16.2. The van der Waals surface area contributed by atoms with Gasteiger partial charge in [-0.3, -0.25) is 14.5 Å². The maximum absolute atomic E-state index is 13.6. The molecule has 1 fully saturated rings. The molecule has 0 spiro atoms. The Balaban J connectivity index is 1.19. The summed E-state index contributed by atoms with van der Waals surface area (Å²) in [5.41, 5.74) is 3.34. The van der Waals surface area contributed by atoms with Gasteiger partial charge in [0.2, 0.25) is 11.8 Å². The number of unbranched alkanes of at least 4 members (excludes halogenated alkanes) is 1. The highest BCUT2D eigenvalue weighted by atomic mass is 19.4. The molecule has 0 radical (unpaired) electrons. The van der Waals surface area contributed by atoms with Gasteiger partial charge in [-0.05, 0) is 53.6 Å². The molecule has 41 heavy (non-hydrogen) atoms. The molecule has 216 valence electrons.